The van der Waals surface area contributed by atoms with Crippen LogP contribution < -0.4 is 10.9 Å². The second-order valence-corrected chi connectivity index (χ2v) is 7.63. The summed E-state index contributed by atoms with van der Waals surface area (Å²) < 4.78 is 1.10. The maximum absolute atomic E-state index is 12.7. The highest BCUT2D eigenvalue weighted by Crippen LogP contribution is 2.30. The molecule has 0 aliphatic rings. The summed E-state index contributed by atoms with van der Waals surface area (Å²) in [7, 11) is 0. The number of rotatable bonds is 6. The van der Waals surface area contributed by atoms with Crippen molar-refractivity contribution in [1.29, 1.82) is 0 Å². The predicted molar refractivity (Wildman–Crippen MR) is 123 cm³/mol. The standard InChI is InChI=1S/C25H21N5O2/c31-24(16-30-25(32)19-11-5-7-13-23(19)28-29-30)27-14-20(17-8-2-1-3-9-17)21-15-26-22-12-6-4-10-18(21)22/h1-13,15,20,26H,14,16H2,(H,27,31)/t20-/m0/s1. The van der Waals surface area contributed by atoms with Crippen LogP contribution in [0.2, 0.25) is 0 Å². The van der Waals surface area contributed by atoms with Crippen LogP contribution in [0.25, 0.3) is 21.8 Å². The minimum Gasteiger partial charge on any atom is -0.361 e. The van der Waals surface area contributed by atoms with Crippen molar-refractivity contribution in [2.24, 2.45) is 0 Å². The van der Waals surface area contributed by atoms with E-state index in [1.807, 2.05) is 42.6 Å². The number of amides is 1. The lowest BCUT2D eigenvalue weighted by Gasteiger charge is -2.18. The Bertz CT molecular complexity index is 1460. The fourth-order valence-corrected chi connectivity index (χ4v) is 4.01. The quantitative estimate of drug-likeness (QED) is 0.439. The molecule has 2 aromatic heterocycles. The number of fused-ring (bicyclic) bond motifs is 2. The molecule has 2 N–H and O–H groups in total. The Balaban J connectivity index is 1.39. The Morgan fingerprint density at radius 2 is 1.66 bits per heavy atom. The molecule has 1 atom stereocenters. The summed E-state index contributed by atoms with van der Waals surface area (Å²) in [4.78, 5) is 28.7. The summed E-state index contributed by atoms with van der Waals surface area (Å²) in [6, 6.07) is 25.1. The first-order valence-electron chi connectivity index (χ1n) is 10.4. The van der Waals surface area contributed by atoms with Gasteiger partial charge in [0.05, 0.1) is 5.39 Å². The third-order valence-electron chi connectivity index (χ3n) is 5.62. The van der Waals surface area contributed by atoms with Gasteiger partial charge in [0.15, 0.2) is 0 Å². The zero-order chi connectivity index (χ0) is 21.9. The van der Waals surface area contributed by atoms with E-state index in [0.29, 0.717) is 17.4 Å². The summed E-state index contributed by atoms with van der Waals surface area (Å²) in [5.41, 5.74) is 3.43. The second-order valence-electron chi connectivity index (χ2n) is 7.63. The largest absolute Gasteiger partial charge is 0.361 e. The van der Waals surface area contributed by atoms with E-state index >= 15 is 0 Å². The first kappa shape index (κ1) is 19.7. The van der Waals surface area contributed by atoms with E-state index in [4.69, 9.17) is 0 Å². The lowest BCUT2D eigenvalue weighted by Crippen LogP contribution is -2.36. The van der Waals surface area contributed by atoms with Gasteiger partial charge < -0.3 is 10.3 Å². The summed E-state index contributed by atoms with van der Waals surface area (Å²) in [5.74, 6) is -0.340. The SMILES string of the molecule is O=C(Cn1nnc2ccccc2c1=O)NC[C@@H](c1ccccc1)c1c[nH]c2ccccc12. The number of benzene rings is 3. The van der Waals surface area contributed by atoms with Crippen LogP contribution in [0.4, 0.5) is 0 Å². The third-order valence-corrected chi connectivity index (χ3v) is 5.62. The van der Waals surface area contributed by atoms with Crippen molar-refractivity contribution in [3.63, 3.8) is 0 Å². The van der Waals surface area contributed by atoms with E-state index < -0.39 is 0 Å². The number of H-pyrrole nitrogens is 1. The van der Waals surface area contributed by atoms with E-state index in [1.54, 1.807) is 24.3 Å². The minimum atomic E-state index is -0.331. The molecule has 5 rings (SSSR count). The summed E-state index contributed by atoms with van der Waals surface area (Å²) in [6.07, 6.45) is 1.99. The molecular formula is C25H21N5O2. The van der Waals surface area contributed by atoms with Gasteiger partial charge in [-0.1, -0.05) is 65.9 Å². The van der Waals surface area contributed by atoms with Crippen molar-refractivity contribution in [2.45, 2.75) is 12.5 Å². The molecule has 0 spiro atoms. The smallest absolute Gasteiger partial charge is 0.278 e. The molecular weight excluding hydrogens is 402 g/mol. The van der Waals surface area contributed by atoms with Crippen molar-refractivity contribution < 1.29 is 4.79 Å². The maximum Gasteiger partial charge on any atom is 0.278 e. The molecule has 3 aromatic carbocycles. The normalized spacial score (nSPS) is 12.1. The Hall–Kier alpha value is -4.26. The third kappa shape index (κ3) is 3.76. The first-order chi connectivity index (χ1) is 15.7. The van der Waals surface area contributed by atoms with E-state index in [1.165, 1.54) is 0 Å². The molecule has 1 amide bonds. The Kier molecular flexibility index (Phi) is 5.21. The number of hydrogen-bond donors (Lipinski definition) is 2. The van der Waals surface area contributed by atoms with Crippen LogP contribution >= 0.6 is 0 Å². The van der Waals surface area contributed by atoms with Crippen molar-refractivity contribution >= 4 is 27.7 Å². The summed E-state index contributed by atoms with van der Waals surface area (Å²) >= 11 is 0. The van der Waals surface area contributed by atoms with Gasteiger partial charge in [0.2, 0.25) is 5.91 Å². The highest BCUT2D eigenvalue weighted by molar-refractivity contribution is 5.84. The number of nitrogens with zero attached hydrogens (tertiary/aromatic N) is 3. The monoisotopic (exact) mass is 423 g/mol. The number of aromatic nitrogens is 4. The molecule has 0 unspecified atom stereocenters. The molecule has 0 fully saturated rings. The van der Waals surface area contributed by atoms with Gasteiger partial charge in [0.1, 0.15) is 12.1 Å². The minimum absolute atomic E-state index is 0.0456. The molecule has 7 heteroatoms. The highest BCUT2D eigenvalue weighted by Gasteiger charge is 2.19. The lowest BCUT2D eigenvalue weighted by molar-refractivity contribution is -0.121. The molecule has 0 radical (unpaired) electrons. The molecule has 0 aliphatic heterocycles. The first-order valence-corrected chi connectivity index (χ1v) is 10.4. The molecule has 0 bridgehead atoms. The number of carbonyl (C=O) groups excluding carboxylic acids is 1. The van der Waals surface area contributed by atoms with Crippen LogP contribution in [0, 0.1) is 0 Å². The van der Waals surface area contributed by atoms with Crippen molar-refractivity contribution in [2.75, 3.05) is 6.54 Å². The van der Waals surface area contributed by atoms with Gasteiger partial charge in [0, 0.05) is 29.6 Å². The van der Waals surface area contributed by atoms with Crippen LogP contribution in [0.1, 0.15) is 17.0 Å². The van der Waals surface area contributed by atoms with Crippen molar-refractivity contribution in [1.82, 2.24) is 25.3 Å². The second kappa shape index (κ2) is 8.47. The van der Waals surface area contributed by atoms with Gasteiger partial charge in [-0.3, -0.25) is 9.59 Å². The van der Waals surface area contributed by atoms with E-state index in [2.05, 4.69) is 38.8 Å². The average Bonchev–Trinajstić information content (AvgIpc) is 3.26. The van der Waals surface area contributed by atoms with Crippen LogP contribution in [-0.4, -0.2) is 32.4 Å². The van der Waals surface area contributed by atoms with Crippen LogP contribution in [0.5, 0.6) is 0 Å². The van der Waals surface area contributed by atoms with Crippen LogP contribution in [0.15, 0.2) is 89.9 Å². The predicted octanol–water partition coefficient (Wildman–Crippen LogP) is 3.22. The van der Waals surface area contributed by atoms with Crippen LogP contribution in [-0.2, 0) is 11.3 Å². The Morgan fingerprint density at radius 3 is 2.50 bits per heavy atom. The fourth-order valence-electron chi connectivity index (χ4n) is 4.01. The zero-order valence-corrected chi connectivity index (χ0v) is 17.2. The Labute approximate surface area is 183 Å². The number of nitrogens with one attached hydrogen (secondary N) is 2. The summed E-state index contributed by atoms with van der Waals surface area (Å²) in [6.45, 7) is 0.201. The molecule has 7 nitrogen and oxygen atoms in total. The molecule has 0 saturated carbocycles. The lowest BCUT2D eigenvalue weighted by atomic mass is 9.91. The van der Waals surface area contributed by atoms with E-state index in [-0.39, 0.29) is 23.9 Å². The van der Waals surface area contributed by atoms with Crippen molar-refractivity contribution in [3.8, 4) is 0 Å². The summed E-state index contributed by atoms with van der Waals surface area (Å²) in [5, 5.41) is 12.5. The maximum atomic E-state index is 12.7. The molecule has 158 valence electrons. The number of aromatic amines is 1. The van der Waals surface area contributed by atoms with Crippen molar-refractivity contribution in [3.05, 3.63) is 107 Å². The van der Waals surface area contributed by atoms with Gasteiger partial charge in [-0.25, -0.2) is 4.68 Å². The Morgan fingerprint density at radius 1 is 0.938 bits per heavy atom. The number of hydrogen-bond acceptors (Lipinski definition) is 4. The van der Waals surface area contributed by atoms with E-state index in [0.717, 1.165) is 26.7 Å². The molecule has 2 heterocycles. The average molecular weight is 423 g/mol. The van der Waals surface area contributed by atoms with E-state index in [9.17, 15) is 9.59 Å². The molecule has 5 aromatic rings. The van der Waals surface area contributed by atoms with Gasteiger partial charge in [-0.15, -0.1) is 5.10 Å². The number of para-hydroxylation sites is 1. The van der Waals surface area contributed by atoms with Gasteiger partial charge in [0.25, 0.3) is 5.56 Å². The molecule has 32 heavy (non-hydrogen) atoms. The number of carbonyl (C=O) groups is 1. The highest BCUT2D eigenvalue weighted by atomic mass is 16.2. The fraction of sp³-hybridized carbons (Fsp3) is 0.120. The zero-order valence-electron chi connectivity index (χ0n) is 17.2. The molecule has 0 saturated heterocycles. The van der Waals surface area contributed by atoms with Gasteiger partial charge >= 0.3 is 0 Å². The topological polar surface area (TPSA) is 92.7 Å². The molecule has 0 aliphatic carbocycles. The van der Waals surface area contributed by atoms with Gasteiger partial charge in [-0.05, 0) is 29.3 Å². The van der Waals surface area contributed by atoms with Crippen LogP contribution in [0.3, 0.4) is 0 Å². The van der Waals surface area contributed by atoms with Gasteiger partial charge in [-0.2, -0.15) is 0 Å².